The van der Waals surface area contributed by atoms with Crippen molar-refractivity contribution in [2.45, 2.75) is 23.7 Å². The molecule has 3 rings (SSSR count). The van der Waals surface area contributed by atoms with Crippen LogP contribution in [-0.2, 0) is 27.5 Å². The van der Waals surface area contributed by atoms with Crippen LogP contribution >= 0.6 is 0 Å². The number of carboxylic acids is 1. The lowest BCUT2D eigenvalue weighted by Crippen LogP contribution is -2.60. The quantitative estimate of drug-likeness (QED) is 0.697. The summed E-state index contributed by atoms with van der Waals surface area (Å²) in [6.07, 6.45) is -4.63. The summed E-state index contributed by atoms with van der Waals surface area (Å²) in [6, 6.07) is 9.70. The smallest absolute Gasteiger partial charge is 0.416 e. The maximum absolute atomic E-state index is 12.9. The van der Waals surface area contributed by atoms with Gasteiger partial charge >= 0.3 is 18.2 Å². The van der Waals surface area contributed by atoms with Gasteiger partial charge in [-0.15, -0.1) is 0 Å². The Bertz CT molecular complexity index is 1080. The molecule has 1 atom stereocenters. The fraction of sp³-hybridized carbons (Fsp3) is 0.300. The first-order valence-electron chi connectivity index (χ1n) is 9.49. The molecule has 2 aromatic rings. The third-order valence-electron chi connectivity index (χ3n) is 4.98. The van der Waals surface area contributed by atoms with Gasteiger partial charge in [0.15, 0.2) is 0 Å². The first-order chi connectivity index (χ1) is 15.0. The topological polar surface area (TPSA) is 107 Å². The monoisotopic (exact) mass is 471 g/mol. The number of sulfonamides is 1. The van der Waals surface area contributed by atoms with E-state index in [1.54, 1.807) is 24.3 Å². The number of benzene rings is 2. The zero-order chi connectivity index (χ0) is 23.5. The van der Waals surface area contributed by atoms with E-state index in [9.17, 15) is 36.3 Å². The Morgan fingerprint density at radius 3 is 2.22 bits per heavy atom. The minimum Gasteiger partial charge on any atom is -0.480 e. The van der Waals surface area contributed by atoms with Crippen LogP contribution in [0.1, 0.15) is 11.1 Å². The first-order valence-corrected chi connectivity index (χ1v) is 10.9. The van der Waals surface area contributed by atoms with Crippen LogP contribution < -0.4 is 5.32 Å². The van der Waals surface area contributed by atoms with Crippen molar-refractivity contribution in [1.29, 1.82) is 0 Å². The van der Waals surface area contributed by atoms with Crippen LogP contribution in [0.4, 0.5) is 18.0 Å². The fourth-order valence-electron chi connectivity index (χ4n) is 3.28. The molecule has 0 aromatic heterocycles. The van der Waals surface area contributed by atoms with E-state index >= 15 is 0 Å². The average Bonchev–Trinajstić information content (AvgIpc) is 2.77. The van der Waals surface area contributed by atoms with Crippen molar-refractivity contribution in [1.82, 2.24) is 14.5 Å². The highest BCUT2D eigenvalue weighted by molar-refractivity contribution is 7.89. The Balaban J connectivity index is 1.73. The Morgan fingerprint density at radius 2 is 1.66 bits per heavy atom. The van der Waals surface area contributed by atoms with E-state index in [1.807, 2.05) is 6.07 Å². The van der Waals surface area contributed by atoms with Crippen molar-refractivity contribution in [3.05, 3.63) is 65.7 Å². The molecule has 0 aliphatic carbocycles. The van der Waals surface area contributed by atoms with Crippen LogP contribution in [0, 0.1) is 0 Å². The number of aliphatic carboxylic acids is 1. The zero-order valence-corrected chi connectivity index (χ0v) is 17.4. The molecule has 2 amide bonds. The van der Waals surface area contributed by atoms with Gasteiger partial charge in [-0.2, -0.15) is 17.5 Å². The average molecular weight is 471 g/mol. The maximum Gasteiger partial charge on any atom is 0.416 e. The molecular formula is C20H20F3N3O5S. The molecule has 1 aliphatic heterocycles. The number of piperazine rings is 1. The second kappa shape index (κ2) is 9.17. The van der Waals surface area contributed by atoms with Gasteiger partial charge in [0.25, 0.3) is 0 Å². The number of carboxylic acid groups (broad SMARTS) is 1. The number of amides is 2. The van der Waals surface area contributed by atoms with Gasteiger partial charge in [-0.05, 0) is 29.8 Å². The van der Waals surface area contributed by atoms with Crippen molar-refractivity contribution in [3.8, 4) is 0 Å². The number of nitrogens with one attached hydrogen (secondary N) is 1. The second-order valence-corrected chi connectivity index (χ2v) is 8.97. The fourth-order valence-corrected chi connectivity index (χ4v) is 4.84. The molecule has 1 heterocycles. The van der Waals surface area contributed by atoms with E-state index in [0.29, 0.717) is 16.4 Å². The van der Waals surface area contributed by atoms with Gasteiger partial charge in [-0.1, -0.05) is 30.3 Å². The number of rotatable bonds is 5. The molecule has 172 valence electrons. The minimum absolute atomic E-state index is 0.0791. The van der Waals surface area contributed by atoms with E-state index in [4.69, 9.17) is 0 Å². The first kappa shape index (κ1) is 23.5. The van der Waals surface area contributed by atoms with E-state index in [1.165, 1.54) is 4.90 Å². The summed E-state index contributed by atoms with van der Waals surface area (Å²) in [4.78, 5) is 24.9. The summed E-state index contributed by atoms with van der Waals surface area (Å²) in [5.41, 5.74) is -0.190. The summed E-state index contributed by atoms with van der Waals surface area (Å²) in [5, 5.41) is 12.2. The van der Waals surface area contributed by atoms with Crippen LogP contribution in [0.2, 0.25) is 0 Å². The SMILES string of the molecule is O=C(O)[C@H]1CN(C(=O)NCc2ccccc2)CCN1S(=O)(=O)c1ccc(C(F)(F)F)cc1. The van der Waals surface area contributed by atoms with Crippen LogP contribution in [0.3, 0.4) is 0 Å². The third kappa shape index (κ3) is 5.19. The van der Waals surface area contributed by atoms with Gasteiger partial charge in [0.05, 0.1) is 10.5 Å². The molecule has 2 N–H and O–H groups in total. The Kier molecular flexibility index (Phi) is 6.74. The summed E-state index contributed by atoms with van der Waals surface area (Å²) < 4.78 is 64.8. The number of halogens is 3. The molecule has 0 spiro atoms. The zero-order valence-electron chi connectivity index (χ0n) is 16.6. The maximum atomic E-state index is 12.9. The molecular weight excluding hydrogens is 451 g/mol. The molecule has 1 aliphatic rings. The predicted octanol–water partition coefficient (Wildman–Crippen LogP) is 2.37. The standard InChI is InChI=1S/C20H20F3N3O5S/c21-20(22,23)15-6-8-16(9-7-15)32(30,31)26-11-10-25(13-17(26)18(27)28)19(29)24-12-14-4-2-1-3-5-14/h1-9,17H,10-13H2,(H,24,29)(H,27,28)/t17-/m1/s1. The van der Waals surface area contributed by atoms with Crippen LogP contribution in [-0.4, -0.2) is 60.4 Å². The normalized spacial score (nSPS) is 17.7. The van der Waals surface area contributed by atoms with Crippen LogP contribution in [0.25, 0.3) is 0 Å². The summed E-state index contributed by atoms with van der Waals surface area (Å²) >= 11 is 0. The lowest BCUT2D eigenvalue weighted by atomic mass is 10.2. The number of urea groups is 1. The number of carbonyl (C=O) groups is 2. The van der Waals surface area contributed by atoms with Crippen molar-refractivity contribution in [2.24, 2.45) is 0 Å². The van der Waals surface area contributed by atoms with Crippen LogP contribution in [0.5, 0.6) is 0 Å². The van der Waals surface area contributed by atoms with E-state index < -0.39 is 51.2 Å². The second-order valence-electron chi connectivity index (χ2n) is 7.08. The highest BCUT2D eigenvalue weighted by Gasteiger charge is 2.41. The van der Waals surface area contributed by atoms with E-state index in [-0.39, 0.29) is 19.6 Å². The molecule has 12 heteroatoms. The number of carbonyl (C=O) groups excluding carboxylic acids is 1. The number of hydrogen-bond acceptors (Lipinski definition) is 4. The molecule has 8 nitrogen and oxygen atoms in total. The lowest BCUT2D eigenvalue weighted by molar-refractivity contribution is -0.142. The number of hydrogen-bond donors (Lipinski definition) is 2. The molecule has 0 bridgehead atoms. The number of nitrogens with zero attached hydrogens (tertiary/aromatic N) is 2. The minimum atomic E-state index is -4.63. The van der Waals surface area contributed by atoms with Crippen molar-refractivity contribution in [2.75, 3.05) is 19.6 Å². The largest absolute Gasteiger partial charge is 0.480 e. The Labute approximate surface area is 182 Å². The molecule has 32 heavy (non-hydrogen) atoms. The molecule has 0 saturated carbocycles. The van der Waals surface area contributed by atoms with Crippen molar-refractivity contribution in [3.63, 3.8) is 0 Å². The highest BCUT2D eigenvalue weighted by Crippen LogP contribution is 2.30. The number of alkyl halides is 3. The van der Waals surface area contributed by atoms with Gasteiger partial charge in [0, 0.05) is 26.2 Å². The third-order valence-corrected chi connectivity index (χ3v) is 6.90. The Hall–Kier alpha value is -3.12. The van der Waals surface area contributed by atoms with Crippen molar-refractivity contribution < 1.29 is 36.3 Å². The van der Waals surface area contributed by atoms with Crippen LogP contribution in [0.15, 0.2) is 59.5 Å². The predicted molar refractivity (Wildman–Crippen MR) is 107 cm³/mol. The molecule has 1 saturated heterocycles. The molecule has 0 radical (unpaired) electrons. The Morgan fingerprint density at radius 1 is 1.03 bits per heavy atom. The summed E-state index contributed by atoms with van der Waals surface area (Å²) in [7, 11) is -4.40. The molecule has 1 fully saturated rings. The molecule has 2 aromatic carbocycles. The molecule has 0 unspecified atom stereocenters. The lowest BCUT2D eigenvalue weighted by Gasteiger charge is -2.38. The van der Waals surface area contributed by atoms with Gasteiger partial charge in [0.1, 0.15) is 6.04 Å². The van der Waals surface area contributed by atoms with E-state index in [2.05, 4.69) is 5.32 Å². The van der Waals surface area contributed by atoms with Gasteiger partial charge in [-0.3, -0.25) is 4.79 Å². The van der Waals surface area contributed by atoms with Gasteiger partial charge < -0.3 is 15.3 Å². The highest BCUT2D eigenvalue weighted by atomic mass is 32.2. The van der Waals surface area contributed by atoms with Gasteiger partial charge in [-0.25, -0.2) is 13.2 Å². The van der Waals surface area contributed by atoms with Gasteiger partial charge in [0.2, 0.25) is 10.0 Å². The summed E-state index contributed by atoms with van der Waals surface area (Å²) in [6.45, 7) is -0.597. The van der Waals surface area contributed by atoms with Crippen molar-refractivity contribution >= 4 is 22.0 Å². The van der Waals surface area contributed by atoms with E-state index in [0.717, 1.165) is 17.7 Å². The summed E-state index contributed by atoms with van der Waals surface area (Å²) in [5.74, 6) is -1.47.